The maximum Gasteiger partial charge on any atom is 0.358 e. The molecule has 0 amide bonds. The summed E-state index contributed by atoms with van der Waals surface area (Å²) in [7, 11) is -4.06. The normalized spacial score (nSPS) is 18.5. The Hall–Kier alpha value is -2.33. The third-order valence-electron chi connectivity index (χ3n) is 5.53. The first-order valence-electron chi connectivity index (χ1n) is 10.0. The zero-order valence-corrected chi connectivity index (χ0v) is 17.4. The molecule has 0 unspecified atom stereocenters. The average molecular weight is 439 g/mol. The first kappa shape index (κ1) is 20.9. The lowest BCUT2D eigenvalue weighted by atomic mass is 10.1. The predicted molar refractivity (Wildman–Crippen MR) is 104 cm³/mol. The van der Waals surface area contributed by atoms with Crippen LogP contribution in [0.2, 0.25) is 0 Å². The van der Waals surface area contributed by atoms with Crippen LogP contribution in [-0.4, -0.2) is 48.2 Å². The van der Waals surface area contributed by atoms with Crippen LogP contribution in [0.5, 0.6) is 0 Å². The number of rotatable bonds is 6. The number of carbonyl (C=O) groups is 1. The summed E-state index contributed by atoms with van der Waals surface area (Å²) in [5.41, 5.74) is 1.24. The molecule has 0 bridgehead atoms. The van der Waals surface area contributed by atoms with E-state index in [2.05, 4.69) is 5.10 Å². The van der Waals surface area contributed by atoms with Gasteiger partial charge in [-0.3, -0.25) is 4.68 Å². The third-order valence-corrected chi connectivity index (χ3v) is 7.46. The topological polar surface area (TPSA) is 81.5 Å². The van der Waals surface area contributed by atoms with Crippen molar-refractivity contribution < 1.29 is 26.7 Å². The van der Waals surface area contributed by atoms with E-state index in [9.17, 15) is 22.0 Å². The monoisotopic (exact) mass is 439 g/mol. The van der Waals surface area contributed by atoms with Crippen molar-refractivity contribution in [2.24, 2.45) is 0 Å². The molecule has 1 aromatic carbocycles. The second kappa shape index (κ2) is 8.07. The Morgan fingerprint density at radius 2 is 1.87 bits per heavy atom. The van der Waals surface area contributed by atoms with Crippen molar-refractivity contribution in [2.45, 2.75) is 49.5 Å². The minimum absolute atomic E-state index is 0.0618. The molecule has 10 heteroatoms. The first-order valence-corrected chi connectivity index (χ1v) is 11.5. The number of hydrogen-bond acceptors (Lipinski definition) is 5. The second-order valence-electron chi connectivity index (χ2n) is 7.60. The van der Waals surface area contributed by atoms with Gasteiger partial charge in [0.05, 0.1) is 12.6 Å². The molecule has 1 saturated heterocycles. The SMILES string of the molecule is CCOC(=O)c1cc(C2CC2)n(C2CCN(S(=O)(=O)c3ccc(F)cc3F)CC2)n1. The van der Waals surface area contributed by atoms with Gasteiger partial charge in [-0.1, -0.05) is 0 Å². The summed E-state index contributed by atoms with van der Waals surface area (Å²) < 4.78 is 60.9. The molecule has 0 radical (unpaired) electrons. The molecule has 2 aliphatic rings. The Morgan fingerprint density at radius 1 is 1.17 bits per heavy atom. The highest BCUT2D eigenvalue weighted by atomic mass is 32.2. The second-order valence-corrected chi connectivity index (χ2v) is 9.51. The molecule has 2 heterocycles. The van der Waals surface area contributed by atoms with E-state index in [4.69, 9.17) is 4.74 Å². The number of carbonyl (C=O) groups excluding carboxylic acids is 1. The summed E-state index contributed by atoms with van der Waals surface area (Å²) in [6.45, 7) is 2.36. The maximum atomic E-state index is 14.0. The molecule has 2 fully saturated rings. The lowest BCUT2D eigenvalue weighted by molar-refractivity contribution is 0.0517. The van der Waals surface area contributed by atoms with Crippen LogP contribution in [0.25, 0.3) is 0 Å². The van der Waals surface area contributed by atoms with Crippen molar-refractivity contribution in [1.82, 2.24) is 14.1 Å². The minimum Gasteiger partial charge on any atom is -0.461 e. The molecule has 30 heavy (non-hydrogen) atoms. The summed E-state index contributed by atoms with van der Waals surface area (Å²) in [6.07, 6.45) is 3.02. The Balaban J connectivity index is 1.51. The van der Waals surface area contributed by atoms with Gasteiger partial charge in [-0.25, -0.2) is 22.0 Å². The van der Waals surface area contributed by atoms with E-state index in [1.807, 2.05) is 4.68 Å². The number of esters is 1. The predicted octanol–water partition coefficient (Wildman–Crippen LogP) is 3.24. The summed E-state index contributed by atoms with van der Waals surface area (Å²) in [5.74, 6) is -2.03. The fourth-order valence-electron chi connectivity index (χ4n) is 3.84. The zero-order chi connectivity index (χ0) is 21.5. The third kappa shape index (κ3) is 3.98. The van der Waals surface area contributed by atoms with Gasteiger partial charge in [-0.15, -0.1) is 0 Å². The molecule has 1 aromatic heterocycles. The van der Waals surface area contributed by atoms with Crippen molar-refractivity contribution in [3.05, 3.63) is 47.3 Å². The highest BCUT2D eigenvalue weighted by molar-refractivity contribution is 7.89. The van der Waals surface area contributed by atoms with Gasteiger partial charge in [-0.2, -0.15) is 9.40 Å². The van der Waals surface area contributed by atoms with Gasteiger partial charge < -0.3 is 4.74 Å². The highest BCUT2D eigenvalue weighted by Gasteiger charge is 2.36. The van der Waals surface area contributed by atoms with E-state index in [-0.39, 0.29) is 31.4 Å². The molecule has 1 saturated carbocycles. The number of benzene rings is 1. The Bertz CT molecular complexity index is 1060. The fourth-order valence-corrected chi connectivity index (χ4v) is 5.36. The molecule has 1 aliphatic carbocycles. The highest BCUT2D eigenvalue weighted by Crippen LogP contribution is 2.42. The number of aromatic nitrogens is 2. The van der Waals surface area contributed by atoms with Gasteiger partial charge in [-0.05, 0) is 50.8 Å². The largest absolute Gasteiger partial charge is 0.461 e. The lowest BCUT2D eigenvalue weighted by Crippen LogP contribution is -2.39. The van der Waals surface area contributed by atoms with Crippen LogP contribution in [-0.2, 0) is 14.8 Å². The molecule has 4 rings (SSSR count). The van der Waals surface area contributed by atoms with Crippen LogP contribution in [0, 0.1) is 11.6 Å². The van der Waals surface area contributed by atoms with Crippen molar-refractivity contribution in [1.29, 1.82) is 0 Å². The molecular weight excluding hydrogens is 416 g/mol. The van der Waals surface area contributed by atoms with Crippen LogP contribution in [0.1, 0.15) is 60.7 Å². The van der Waals surface area contributed by atoms with Crippen molar-refractivity contribution in [3.8, 4) is 0 Å². The average Bonchev–Trinajstić information content (AvgIpc) is 3.46. The molecule has 0 spiro atoms. The fraction of sp³-hybridized carbons (Fsp3) is 0.500. The number of hydrogen-bond donors (Lipinski definition) is 0. The van der Waals surface area contributed by atoms with E-state index in [0.29, 0.717) is 24.8 Å². The Kier molecular flexibility index (Phi) is 5.63. The van der Waals surface area contributed by atoms with Gasteiger partial charge in [0, 0.05) is 30.8 Å². The zero-order valence-electron chi connectivity index (χ0n) is 16.6. The number of nitrogens with zero attached hydrogens (tertiary/aromatic N) is 3. The maximum absolute atomic E-state index is 14.0. The van der Waals surface area contributed by atoms with E-state index in [0.717, 1.165) is 30.7 Å². The van der Waals surface area contributed by atoms with E-state index in [1.54, 1.807) is 13.0 Å². The standard InChI is InChI=1S/C20H23F2N3O4S/c1-2-29-20(26)17-12-18(13-3-4-13)25(23-17)15-7-9-24(10-8-15)30(27,28)19-6-5-14(21)11-16(19)22/h5-6,11-13,15H,2-4,7-10H2,1H3. The molecule has 0 N–H and O–H groups in total. The molecule has 2 aromatic rings. The smallest absolute Gasteiger partial charge is 0.358 e. The first-order chi connectivity index (χ1) is 14.3. The van der Waals surface area contributed by atoms with Gasteiger partial charge in [0.1, 0.15) is 16.5 Å². The van der Waals surface area contributed by atoms with E-state index >= 15 is 0 Å². The molecule has 0 atom stereocenters. The van der Waals surface area contributed by atoms with Crippen LogP contribution in [0.3, 0.4) is 0 Å². The summed E-state index contributed by atoms with van der Waals surface area (Å²) >= 11 is 0. The lowest BCUT2D eigenvalue weighted by Gasteiger charge is -2.32. The van der Waals surface area contributed by atoms with Crippen LogP contribution in [0.15, 0.2) is 29.2 Å². The Morgan fingerprint density at radius 3 is 2.47 bits per heavy atom. The molecule has 1 aliphatic heterocycles. The molecule has 7 nitrogen and oxygen atoms in total. The molecular formula is C20H23F2N3O4S. The van der Waals surface area contributed by atoms with Gasteiger partial charge >= 0.3 is 5.97 Å². The summed E-state index contributed by atoms with van der Waals surface area (Å²) in [4.78, 5) is 11.6. The number of halogens is 2. The van der Waals surface area contributed by atoms with E-state index < -0.39 is 32.5 Å². The van der Waals surface area contributed by atoms with Crippen LogP contribution >= 0.6 is 0 Å². The summed E-state index contributed by atoms with van der Waals surface area (Å²) in [5, 5.41) is 4.46. The summed E-state index contributed by atoms with van der Waals surface area (Å²) in [6, 6.07) is 4.17. The van der Waals surface area contributed by atoms with Crippen molar-refractivity contribution >= 4 is 16.0 Å². The van der Waals surface area contributed by atoms with E-state index in [1.165, 1.54) is 4.31 Å². The number of sulfonamides is 1. The van der Waals surface area contributed by atoms with Gasteiger partial charge in [0.2, 0.25) is 10.0 Å². The van der Waals surface area contributed by atoms with Gasteiger partial charge in [0.25, 0.3) is 0 Å². The Labute approximate surface area is 173 Å². The molecule has 162 valence electrons. The van der Waals surface area contributed by atoms with Crippen LogP contribution in [0.4, 0.5) is 8.78 Å². The van der Waals surface area contributed by atoms with Gasteiger partial charge in [0.15, 0.2) is 5.69 Å². The quantitative estimate of drug-likeness (QED) is 0.646. The number of piperidine rings is 1. The van der Waals surface area contributed by atoms with Crippen LogP contribution < -0.4 is 0 Å². The minimum atomic E-state index is -4.06. The van der Waals surface area contributed by atoms with Crippen molar-refractivity contribution in [2.75, 3.05) is 19.7 Å². The van der Waals surface area contributed by atoms with Crippen molar-refractivity contribution in [3.63, 3.8) is 0 Å². The number of ether oxygens (including phenoxy) is 1.